The summed E-state index contributed by atoms with van der Waals surface area (Å²) in [6.07, 6.45) is 1.17. The number of esters is 2. The van der Waals surface area contributed by atoms with Gasteiger partial charge in [0.2, 0.25) is 0 Å². The normalized spacial score (nSPS) is 15.7. The molecule has 9 nitrogen and oxygen atoms in total. The largest absolute Gasteiger partial charge is 0.497 e. The molecule has 0 bridgehead atoms. The van der Waals surface area contributed by atoms with Crippen LogP contribution in [0.25, 0.3) is 17.4 Å². The lowest BCUT2D eigenvalue weighted by molar-refractivity contribution is -0.384. The third kappa shape index (κ3) is 3.66. The van der Waals surface area contributed by atoms with Crippen molar-refractivity contribution in [3.8, 4) is 17.1 Å². The first-order valence-electron chi connectivity index (χ1n) is 7.81. The Morgan fingerprint density at radius 1 is 1.11 bits per heavy atom. The fraction of sp³-hybridized carbons (Fsp3) is 0.222. The van der Waals surface area contributed by atoms with Gasteiger partial charge in [0.15, 0.2) is 0 Å². The molecule has 1 aromatic heterocycles. The molecular weight excluding hydrogens is 358 g/mol. The van der Waals surface area contributed by atoms with Crippen LogP contribution in [0, 0.1) is 10.1 Å². The third-order valence-electron chi connectivity index (χ3n) is 3.70. The lowest BCUT2D eigenvalue weighted by Crippen LogP contribution is -2.41. The number of ether oxygens (including phenoxy) is 3. The molecule has 1 fully saturated rings. The van der Waals surface area contributed by atoms with Crippen LogP contribution in [0.4, 0.5) is 5.69 Å². The highest BCUT2D eigenvalue weighted by Crippen LogP contribution is 2.34. The topological polar surface area (TPSA) is 118 Å². The van der Waals surface area contributed by atoms with Crippen LogP contribution in [-0.4, -0.2) is 29.8 Å². The van der Waals surface area contributed by atoms with E-state index >= 15 is 0 Å². The summed E-state index contributed by atoms with van der Waals surface area (Å²) in [6, 6.07) is 7.27. The molecule has 1 aliphatic rings. The van der Waals surface area contributed by atoms with Gasteiger partial charge in [-0.3, -0.25) is 10.1 Å². The minimum absolute atomic E-state index is 0.138. The van der Waals surface area contributed by atoms with Crippen LogP contribution in [0.1, 0.15) is 19.6 Å². The van der Waals surface area contributed by atoms with Gasteiger partial charge in [-0.1, -0.05) is 0 Å². The highest BCUT2D eigenvalue weighted by Gasteiger charge is 2.39. The van der Waals surface area contributed by atoms with Gasteiger partial charge in [-0.2, -0.15) is 0 Å². The molecule has 1 aromatic carbocycles. The Balaban J connectivity index is 1.95. The minimum Gasteiger partial charge on any atom is -0.497 e. The quantitative estimate of drug-likeness (QED) is 0.264. The highest BCUT2D eigenvalue weighted by atomic mass is 16.7. The smallest absolute Gasteiger partial charge is 0.348 e. The average Bonchev–Trinajstić information content (AvgIpc) is 3.05. The van der Waals surface area contributed by atoms with Crippen molar-refractivity contribution in [2.24, 2.45) is 0 Å². The zero-order chi connectivity index (χ0) is 19.8. The molecule has 3 rings (SSSR count). The number of hydrogen-bond donors (Lipinski definition) is 0. The number of benzene rings is 1. The summed E-state index contributed by atoms with van der Waals surface area (Å²) in [6.45, 7) is 2.88. The van der Waals surface area contributed by atoms with Crippen LogP contribution in [0.3, 0.4) is 0 Å². The molecule has 27 heavy (non-hydrogen) atoms. The van der Waals surface area contributed by atoms with Gasteiger partial charge in [-0.25, -0.2) is 9.59 Å². The molecule has 2 heterocycles. The van der Waals surface area contributed by atoms with E-state index in [1.54, 1.807) is 6.07 Å². The molecule has 9 heteroatoms. The second-order valence-corrected chi connectivity index (χ2v) is 6.08. The van der Waals surface area contributed by atoms with Gasteiger partial charge in [-0.15, -0.1) is 0 Å². The summed E-state index contributed by atoms with van der Waals surface area (Å²) in [5.74, 6) is -2.37. The molecule has 0 aliphatic carbocycles. The predicted molar refractivity (Wildman–Crippen MR) is 91.6 cm³/mol. The lowest BCUT2D eigenvalue weighted by atomic mass is 10.1. The fourth-order valence-electron chi connectivity index (χ4n) is 2.49. The highest BCUT2D eigenvalue weighted by molar-refractivity contribution is 6.18. The second kappa shape index (κ2) is 6.60. The van der Waals surface area contributed by atoms with E-state index in [1.165, 1.54) is 51.3 Å². The van der Waals surface area contributed by atoms with E-state index in [2.05, 4.69) is 0 Å². The van der Waals surface area contributed by atoms with Gasteiger partial charge in [0, 0.05) is 19.9 Å². The summed E-state index contributed by atoms with van der Waals surface area (Å²) >= 11 is 0. The van der Waals surface area contributed by atoms with Crippen LogP contribution in [0.2, 0.25) is 0 Å². The number of nitrogens with zero attached hydrogens (tertiary/aromatic N) is 1. The molecule has 2 aromatic rings. The Morgan fingerprint density at radius 3 is 2.37 bits per heavy atom. The molecule has 140 valence electrons. The SMILES string of the molecule is COc1ccc(-c2ccc(C=C3C(=O)OC(C)(C)OC3=O)o2)c([N+](=O)[O-])c1. The van der Waals surface area contributed by atoms with E-state index in [9.17, 15) is 19.7 Å². The van der Waals surface area contributed by atoms with Crippen molar-refractivity contribution in [2.45, 2.75) is 19.6 Å². The van der Waals surface area contributed by atoms with E-state index in [1.807, 2.05) is 0 Å². The van der Waals surface area contributed by atoms with Crippen molar-refractivity contribution >= 4 is 23.7 Å². The Morgan fingerprint density at radius 2 is 1.78 bits per heavy atom. The number of methoxy groups -OCH3 is 1. The molecule has 0 atom stereocenters. The second-order valence-electron chi connectivity index (χ2n) is 6.08. The summed E-state index contributed by atoms with van der Waals surface area (Å²) in [4.78, 5) is 34.7. The molecule has 1 saturated heterocycles. The van der Waals surface area contributed by atoms with E-state index in [0.29, 0.717) is 5.75 Å². The van der Waals surface area contributed by atoms with E-state index < -0.39 is 22.6 Å². The summed E-state index contributed by atoms with van der Waals surface area (Å²) in [5, 5.41) is 11.3. The number of hydrogen-bond acceptors (Lipinski definition) is 8. The Hall–Kier alpha value is -3.62. The van der Waals surface area contributed by atoms with Crippen LogP contribution >= 0.6 is 0 Å². The number of nitro benzene ring substituents is 1. The third-order valence-corrected chi connectivity index (χ3v) is 3.70. The summed E-state index contributed by atoms with van der Waals surface area (Å²) in [7, 11) is 1.40. The summed E-state index contributed by atoms with van der Waals surface area (Å²) < 4.78 is 20.5. The van der Waals surface area contributed by atoms with Crippen molar-refractivity contribution < 1.29 is 33.1 Å². The lowest BCUT2D eigenvalue weighted by Gasteiger charge is -2.29. The number of rotatable bonds is 4. The Bertz CT molecular complexity index is 947. The molecular formula is C18H15NO8. The average molecular weight is 373 g/mol. The Kier molecular flexibility index (Phi) is 4.44. The van der Waals surface area contributed by atoms with Gasteiger partial charge in [0.05, 0.1) is 23.7 Å². The minimum atomic E-state index is -1.34. The number of furan rings is 1. The standard InChI is InChI=1S/C18H15NO8/c1-18(2)26-16(20)13(17(21)27-18)8-11-5-7-15(25-11)12-6-4-10(24-3)9-14(12)19(22)23/h4-9H,1-3H3. The van der Waals surface area contributed by atoms with Gasteiger partial charge in [-0.05, 0) is 24.3 Å². The fourth-order valence-corrected chi connectivity index (χ4v) is 2.49. The predicted octanol–water partition coefficient (Wildman–Crippen LogP) is 3.08. The maximum Gasteiger partial charge on any atom is 0.348 e. The van der Waals surface area contributed by atoms with Crippen molar-refractivity contribution in [2.75, 3.05) is 7.11 Å². The first-order valence-corrected chi connectivity index (χ1v) is 7.81. The zero-order valence-corrected chi connectivity index (χ0v) is 14.7. The van der Waals surface area contributed by atoms with E-state index in [4.69, 9.17) is 18.6 Å². The van der Waals surface area contributed by atoms with Gasteiger partial charge in [0.25, 0.3) is 11.5 Å². The zero-order valence-electron chi connectivity index (χ0n) is 14.7. The van der Waals surface area contributed by atoms with Crippen molar-refractivity contribution in [1.82, 2.24) is 0 Å². The molecule has 0 spiro atoms. The molecule has 0 radical (unpaired) electrons. The van der Waals surface area contributed by atoms with Crippen LogP contribution < -0.4 is 4.74 Å². The number of nitro groups is 1. The first kappa shape index (κ1) is 18.2. The van der Waals surface area contributed by atoms with Gasteiger partial charge >= 0.3 is 11.9 Å². The molecule has 0 saturated carbocycles. The maximum atomic E-state index is 12.0. The molecule has 0 amide bonds. The van der Waals surface area contributed by atoms with Crippen LogP contribution in [0.5, 0.6) is 5.75 Å². The number of carbonyl (C=O) groups is 2. The van der Waals surface area contributed by atoms with E-state index in [0.717, 1.165) is 0 Å². The van der Waals surface area contributed by atoms with Crippen LogP contribution in [0.15, 0.2) is 40.3 Å². The van der Waals surface area contributed by atoms with Crippen molar-refractivity contribution in [3.63, 3.8) is 0 Å². The summed E-state index contributed by atoms with van der Waals surface area (Å²) in [5.41, 5.74) is -0.319. The number of carbonyl (C=O) groups excluding carboxylic acids is 2. The Labute approximate surface area is 153 Å². The van der Waals surface area contributed by atoms with Crippen molar-refractivity contribution in [1.29, 1.82) is 0 Å². The first-order chi connectivity index (χ1) is 12.7. The van der Waals surface area contributed by atoms with Gasteiger partial charge in [0.1, 0.15) is 22.8 Å². The molecule has 0 unspecified atom stereocenters. The van der Waals surface area contributed by atoms with E-state index in [-0.39, 0.29) is 28.3 Å². The van der Waals surface area contributed by atoms with Crippen LogP contribution in [-0.2, 0) is 19.1 Å². The maximum absolute atomic E-state index is 12.0. The monoisotopic (exact) mass is 373 g/mol. The molecule has 0 N–H and O–H groups in total. The van der Waals surface area contributed by atoms with Gasteiger partial charge < -0.3 is 18.6 Å². The number of cyclic esters (lactones) is 2. The van der Waals surface area contributed by atoms with Crippen molar-refractivity contribution in [3.05, 3.63) is 51.8 Å². The molecule has 1 aliphatic heterocycles.